The van der Waals surface area contributed by atoms with Gasteiger partial charge in [-0.2, -0.15) is 0 Å². The Morgan fingerprint density at radius 2 is 2.33 bits per heavy atom. The topological polar surface area (TPSA) is 66.6 Å². The van der Waals surface area contributed by atoms with Crippen LogP contribution >= 0.6 is 0 Å². The summed E-state index contributed by atoms with van der Waals surface area (Å²) in [5.41, 5.74) is 0.257. The summed E-state index contributed by atoms with van der Waals surface area (Å²) in [6, 6.07) is 5.20. The molecule has 1 saturated heterocycles. The quantitative estimate of drug-likeness (QED) is 0.650. The van der Waals surface area contributed by atoms with Gasteiger partial charge >= 0.3 is 0 Å². The van der Waals surface area contributed by atoms with Gasteiger partial charge < -0.3 is 10.0 Å². The Kier molecular flexibility index (Phi) is 3.93. The zero-order valence-corrected chi connectivity index (χ0v) is 10.5. The molecule has 5 heteroatoms. The van der Waals surface area contributed by atoms with Crippen LogP contribution < -0.4 is 0 Å². The molecule has 5 nitrogen and oxygen atoms in total. The third-order valence-corrected chi connectivity index (χ3v) is 3.43. The minimum atomic E-state index is -0.359. The summed E-state index contributed by atoms with van der Waals surface area (Å²) in [6.45, 7) is 5.28. The van der Waals surface area contributed by atoms with Crippen molar-refractivity contribution in [1.82, 2.24) is 4.90 Å². The lowest BCUT2D eigenvalue weighted by atomic mass is 10.1. The molecule has 98 valence electrons. The number of nitro groups is 1. The average Bonchev–Trinajstić information content (AvgIpc) is 2.33. The molecule has 1 heterocycles. The Labute approximate surface area is 105 Å². The molecular weight excluding hydrogens is 232 g/mol. The first-order chi connectivity index (χ1) is 8.61. The molecule has 0 bridgehead atoms. The van der Waals surface area contributed by atoms with Gasteiger partial charge in [0.15, 0.2) is 0 Å². The van der Waals surface area contributed by atoms with Gasteiger partial charge in [-0.1, -0.05) is 13.0 Å². The summed E-state index contributed by atoms with van der Waals surface area (Å²) in [7, 11) is 0. The van der Waals surface area contributed by atoms with Gasteiger partial charge in [0.2, 0.25) is 0 Å². The smallest absolute Gasteiger partial charge is 0.277 e. The van der Waals surface area contributed by atoms with E-state index in [2.05, 4.69) is 11.8 Å². The Morgan fingerprint density at radius 1 is 1.56 bits per heavy atom. The molecule has 0 aromatic rings. The van der Waals surface area contributed by atoms with Crippen molar-refractivity contribution in [2.24, 2.45) is 0 Å². The van der Waals surface area contributed by atoms with Crippen molar-refractivity contribution in [2.45, 2.75) is 25.9 Å². The maximum atomic E-state index is 10.0. The van der Waals surface area contributed by atoms with Crippen LogP contribution in [-0.2, 0) is 0 Å². The number of non-ortho nitro benzene ring substituents is 1. The van der Waals surface area contributed by atoms with Crippen molar-refractivity contribution in [3.8, 4) is 0 Å². The number of hydrogen-bond donors (Lipinski definition) is 1. The largest absolute Gasteiger partial charge is 0.392 e. The first-order valence-corrected chi connectivity index (χ1v) is 6.31. The van der Waals surface area contributed by atoms with E-state index in [0.29, 0.717) is 0 Å². The van der Waals surface area contributed by atoms with E-state index in [1.54, 1.807) is 12.1 Å². The molecular formula is C13H18N2O3. The second kappa shape index (κ2) is 5.46. The molecule has 1 fully saturated rings. The van der Waals surface area contributed by atoms with E-state index in [1.165, 1.54) is 6.54 Å². The van der Waals surface area contributed by atoms with Crippen LogP contribution in [0.3, 0.4) is 0 Å². The highest BCUT2D eigenvalue weighted by molar-refractivity contribution is 5.44. The van der Waals surface area contributed by atoms with E-state index in [1.807, 2.05) is 6.07 Å². The van der Waals surface area contributed by atoms with E-state index >= 15 is 0 Å². The predicted octanol–water partition coefficient (Wildman–Crippen LogP) is 1.66. The number of piperidine rings is 1. The normalized spacial score (nSPS) is 20.9. The van der Waals surface area contributed by atoms with Crippen molar-refractivity contribution in [2.75, 3.05) is 19.6 Å². The maximum absolute atomic E-state index is 10.0. The van der Waals surface area contributed by atoms with Crippen molar-refractivity contribution in [1.29, 1.82) is 0 Å². The molecule has 0 radical (unpaired) electrons. The van der Waals surface area contributed by atoms with Crippen molar-refractivity contribution >= 4 is 5.69 Å². The first-order valence-electron chi connectivity index (χ1n) is 6.31. The van der Waals surface area contributed by atoms with Crippen LogP contribution in [0.2, 0.25) is 0 Å². The Bertz CT molecular complexity index is 530. The number of benzene rings is 1. The molecule has 0 saturated carbocycles. The van der Waals surface area contributed by atoms with Crippen molar-refractivity contribution < 1.29 is 10.0 Å². The number of nitrogens with zero attached hydrogens (tertiary/aromatic N) is 2. The molecule has 3 rings (SSSR count). The average molecular weight is 250 g/mol. The summed E-state index contributed by atoms with van der Waals surface area (Å²) >= 11 is 0. The van der Waals surface area contributed by atoms with Crippen molar-refractivity contribution in [3.05, 3.63) is 38.8 Å². The second-order valence-electron chi connectivity index (χ2n) is 4.68. The van der Waals surface area contributed by atoms with Gasteiger partial charge in [0.25, 0.3) is 5.69 Å². The molecule has 2 aliphatic carbocycles. The molecule has 0 aromatic heterocycles. The van der Waals surface area contributed by atoms with Gasteiger partial charge in [-0.25, -0.2) is 0 Å². The number of aliphatic hydroxyl groups excluding tert-OH is 1. The number of β-amino-alcohol motifs (C(OH)–C–C–N with tert-alkyl or cyclic N) is 1. The van der Waals surface area contributed by atoms with Crippen LogP contribution in [0.15, 0.2) is 18.2 Å². The standard InChI is InChI=1S/C7H15NO.C6H3NO2/c1-2-8-5-3-4-7(9)6-8;8-7(9)6-3-4-1-2-5(4)6/h7,9H,2-6H2,1H3;1-3H. The van der Waals surface area contributed by atoms with E-state index < -0.39 is 0 Å². The number of likely N-dealkylation sites (N-methyl/N-ethyl adjacent to an activating group) is 1. The molecule has 0 aromatic carbocycles. The highest BCUT2D eigenvalue weighted by Crippen LogP contribution is 2.22. The van der Waals surface area contributed by atoms with Crippen LogP contribution in [0.4, 0.5) is 5.69 Å². The lowest BCUT2D eigenvalue weighted by Gasteiger charge is -2.28. The molecule has 1 unspecified atom stereocenters. The maximum Gasteiger partial charge on any atom is 0.277 e. The minimum absolute atomic E-state index is 0.0568. The molecule has 0 amide bonds. The third kappa shape index (κ3) is 2.68. The number of nitro benzene ring substituents is 1. The highest BCUT2D eigenvalue weighted by atomic mass is 16.6. The summed E-state index contributed by atoms with van der Waals surface area (Å²) in [5.74, 6) is 0. The molecule has 1 N–H and O–H groups in total. The fourth-order valence-corrected chi connectivity index (χ4v) is 2.24. The summed E-state index contributed by atoms with van der Waals surface area (Å²) < 4.78 is 0. The number of rotatable bonds is 2. The second-order valence-corrected chi connectivity index (χ2v) is 4.68. The highest BCUT2D eigenvalue weighted by Gasteiger charge is 2.15. The molecule has 1 atom stereocenters. The van der Waals surface area contributed by atoms with E-state index in [-0.39, 0.29) is 16.7 Å². The Hall–Kier alpha value is -1.46. The zero-order valence-electron chi connectivity index (χ0n) is 10.5. The van der Waals surface area contributed by atoms with E-state index in [0.717, 1.165) is 36.4 Å². The lowest BCUT2D eigenvalue weighted by Crippen LogP contribution is -2.37. The minimum Gasteiger partial charge on any atom is -0.392 e. The molecule has 3 aliphatic rings. The van der Waals surface area contributed by atoms with Gasteiger partial charge in [-0.3, -0.25) is 10.1 Å². The SMILES string of the molecule is CCN1CCCC(O)C1.O=[N+]([O-])c1cc2ccc1=2. The first kappa shape index (κ1) is 13.0. The van der Waals surface area contributed by atoms with Gasteiger partial charge in [-0.05, 0) is 37.2 Å². The third-order valence-electron chi connectivity index (χ3n) is 3.43. The van der Waals surface area contributed by atoms with Gasteiger partial charge in [0, 0.05) is 12.6 Å². The molecule has 1 aliphatic heterocycles. The van der Waals surface area contributed by atoms with Crippen LogP contribution in [0.25, 0.3) is 0 Å². The fraction of sp³-hybridized carbons (Fsp3) is 0.538. The molecule has 0 spiro atoms. The zero-order chi connectivity index (χ0) is 13.1. The fourth-order valence-electron chi connectivity index (χ4n) is 2.24. The Balaban J connectivity index is 0.000000134. The van der Waals surface area contributed by atoms with Crippen LogP contribution in [0.5, 0.6) is 0 Å². The molecule has 18 heavy (non-hydrogen) atoms. The van der Waals surface area contributed by atoms with Crippen LogP contribution in [-0.4, -0.2) is 40.7 Å². The van der Waals surface area contributed by atoms with E-state index in [9.17, 15) is 10.1 Å². The predicted molar refractivity (Wildman–Crippen MR) is 68.1 cm³/mol. The van der Waals surface area contributed by atoms with Crippen LogP contribution in [0, 0.1) is 20.6 Å². The Morgan fingerprint density at radius 3 is 2.61 bits per heavy atom. The lowest BCUT2D eigenvalue weighted by molar-refractivity contribution is -0.386. The van der Waals surface area contributed by atoms with Gasteiger partial charge in [-0.15, -0.1) is 0 Å². The van der Waals surface area contributed by atoms with Crippen molar-refractivity contribution in [3.63, 3.8) is 0 Å². The van der Waals surface area contributed by atoms with Crippen LogP contribution in [0.1, 0.15) is 19.8 Å². The number of aliphatic hydroxyl groups is 1. The monoisotopic (exact) mass is 250 g/mol. The van der Waals surface area contributed by atoms with Gasteiger partial charge in [0.05, 0.1) is 16.2 Å². The summed E-state index contributed by atoms with van der Waals surface area (Å²) in [6.07, 6.45) is 2.10. The number of hydrogen-bond acceptors (Lipinski definition) is 4. The number of likely N-dealkylation sites (tertiary alicyclic amines) is 1. The van der Waals surface area contributed by atoms with E-state index in [4.69, 9.17) is 5.11 Å². The summed E-state index contributed by atoms with van der Waals surface area (Å²) in [4.78, 5) is 12.0. The summed E-state index contributed by atoms with van der Waals surface area (Å²) in [5, 5.41) is 21.0. The van der Waals surface area contributed by atoms with Gasteiger partial charge in [0.1, 0.15) is 0 Å².